The number of aryl methyl sites for hydroxylation is 1. The molecule has 2 N–H and O–H groups in total. The molecule has 6 heteroatoms. The van der Waals surface area contributed by atoms with Gasteiger partial charge < -0.3 is 15.4 Å². The SMILES string of the molecule is Cc1ccc(NC(=O)[C@H](C)OC(=O)C2(CC(=O)NC(C)(C)C)CCCC2)cc1. The van der Waals surface area contributed by atoms with E-state index in [9.17, 15) is 14.4 Å². The van der Waals surface area contributed by atoms with Crippen LogP contribution >= 0.6 is 0 Å². The number of hydrogen-bond donors (Lipinski definition) is 2. The molecular formula is C22H32N2O4. The van der Waals surface area contributed by atoms with E-state index in [0.29, 0.717) is 18.5 Å². The summed E-state index contributed by atoms with van der Waals surface area (Å²) in [5.74, 6) is -1.01. The number of nitrogens with one attached hydrogen (secondary N) is 2. The average Bonchev–Trinajstić information content (AvgIpc) is 3.04. The molecule has 1 aromatic carbocycles. The molecule has 1 aromatic rings. The highest BCUT2D eigenvalue weighted by molar-refractivity contribution is 5.96. The van der Waals surface area contributed by atoms with Gasteiger partial charge in [-0.15, -0.1) is 0 Å². The van der Waals surface area contributed by atoms with Crippen molar-refractivity contribution in [2.24, 2.45) is 5.41 Å². The molecule has 28 heavy (non-hydrogen) atoms. The smallest absolute Gasteiger partial charge is 0.313 e. The van der Waals surface area contributed by atoms with Crippen molar-refractivity contribution in [3.05, 3.63) is 29.8 Å². The van der Waals surface area contributed by atoms with Crippen molar-refractivity contribution in [2.75, 3.05) is 5.32 Å². The maximum atomic E-state index is 12.9. The monoisotopic (exact) mass is 388 g/mol. The molecule has 0 spiro atoms. The Morgan fingerprint density at radius 2 is 1.68 bits per heavy atom. The molecule has 0 aromatic heterocycles. The van der Waals surface area contributed by atoms with Gasteiger partial charge >= 0.3 is 5.97 Å². The summed E-state index contributed by atoms with van der Waals surface area (Å²) in [4.78, 5) is 37.7. The second-order valence-electron chi connectivity index (χ2n) is 8.87. The third kappa shape index (κ3) is 6.08. The summed E-state index contributed by atoms with van der Waals surface area (Å²) in [7, 11) is 0. The minimum absolute atomic E-state index is 0.0927. The van der Waals surface area contributed by atoms with Crippen LogP contribution in [0.15, 0.2) is 24.3 Å². The van der Waals surface area contributed by atoms with Crippen LogP contribution in [0.1, 0.15) is 65.4 Å². The van der Waals surface area contributed by atoms with Gasteiger partial charge in [0.1, 0.15) is 0 Å². The lowest BCUT2D eigenvalue weighted by Crippen LogP contribution is -2.45. The second kappa shape index (κ2) is 8.76. The number of benzene rings is 1. The third-order valence-electron chi connectivity index (χ3n) is 4.98. The molecule has 0 aliphatic heterocycles. The minimum Gasteiger partial charge on any atom is -0.452 e. The van der Waals surface area contributed by atoms with Gasteiger partial charge in [-0.1, -0.05) is 30.5 Å². The first-order chi connectivity index (χ1) is 13.0. The Balaban J connectivity index is 1.99. The van der Waals surface area contributed by atoms with E-state index in [-0.39, 0.29) is 23.8 Å². The van der Waals surface area contributed by atoms with E-state index in [0.717, 1.165) is 18.4 Å². The predicted molar refractivity (Wildman–Crippen MR) is 109 cm³/mol. The molecule has 1 atom stereocenters. The lowest BCUT2D eigenvalue weighted by molar-refractivity contribution is -0.165. The first-order valence-electron chi connectivity index (χ1n) is 9.90. The van der Waals surface area contributed by atoms with Gasteiger partial charge in [0.15, 0.2) is 6.10 Å². The van der Waals surface area contributed by atoms with Crippen molar-refractivity contribution >= 4 is 23.5 Å². The predicted octanol–water partition coefficient (Wildman–Crippen LogP) is 3.73. The van der Waals surface area contributed by atoms with Gasteiger partial charge in [-0.05, 0) is 59.6 Å². The van der Waals surface area contributed by atoms with Gasteiger partial charge in [0.2, 0.25) is 5.91 Å². The van der Waals surface area contributed by atoms with E-state index < -0.39 is 17.5 Å². The fraction of sp³-hybridized carbons (Fsp3) is 0.591. The van der Waals surface area contributed by atoms with Crippen LogP contribution in [0.5, 0.6) is 0 Å². The molecule has 0 radical (unpaired) electrons. The Labute approximate surface area is 167 Å². The summed E-state index contributed by atoms with van der Waals surface area (Å²) in [6.45, 7) is 9.23. The topological polar surface area (TPSA) is 84.5 Å². The number of ether oxygens (including phenoxy) is 1. The van der Waals surface area contributed by atoms with Gasteiger partial charge in [-0.25, -0.2) is 0 Å². The Hall–Kier alpha value is -2.37. The summed E-state index contributed by atoms with van der Waals surface area (Å²) < 4.78 is 5.50. The molecule has 6 nitrogen and oxygen atoms in total. The Bertz CT molecular complexity index is 713. The highest BCUT2D eigenvalue weighted by atomic mass is 16.5. The highest BCUT2D eigenvalue weighted by Crippen LogP contribution is 2.42. The van der Waals surface area contributed by atoms with Gasteiger partial charge in [-0.3, -0.25) is 14.4 Å². The molecule has 1 saturated carbocycles. The molecule has 0 saturated heterocycles. The Kier molecular flexibility index (Phi) is 6.86. The number of carbonyl (C=O) groups is 3. The third-order valence-corrected chi connectivity index (χ3v) is 4.98. The fourth-order valence-electron chi connectivity index (χ4n) is 3.49. The molecule has 1 aliphatic rings. The van der Waals surface area contributed by atoms with Gasteiger partial charge in [0.25, 0.3) is 5.91 Å². The quantitative estimate of drug-likeness (QED) is 0.727. The zero-order valence-corrected chi connectivity index (χ0v) is 17.6. The minimum atomic E-state index is -0.933. The molecular weight excluding hydrogens is 356 g/mol. The zero-order valence-electron chi connectivity index (χ0n) is 17.6. The second-order valence-corrected chi connectivity index (χ2v) is 8.87. The van der Waals surface area contributed by atoms with Crippen molar-refractivity contribution in [3.63, 3.8) is 0 Å². The molecule has 1 fully saturated rings. The first kappa shape index (κ1) is 21.9. The first-order valence-corrected chi connectivity index (χ1v) is 9.90. The zero-order chi connectivity index (χ0) is 20.9. The number of carbonyl (C=O) groups excluding carboxylic acids is 3. The summed E-state index contributed by atoms with van der Waals surface area (Å²) in [6.07, 6.45) is 2.13. The van der Waals surface area contributed by atoms with Crippen LogP contribution in [0.25, 0.3) is 0 Å². The number of rotatable bonds is 6. The van der Waals surface area contributed by atoms with Crippen LogP contribution in [0.3, 0.4) is 0 Å². The number of esters is 1. The lowest BCUT2D eigenvalue weighted by Gasteiger charge is -2.29. The van der Waals surface area contributed by atoms with Crippen LogP contribution in [0, 0.1) is 12.3 Å². The van der Waals surface area contributed by atoms with E-state index in [1.54, 1.807) is 19.1 Å². The van der Waals surface area contributed by atoms with Crippen molar-refractivity contribution in [1.82, 2.24) is 5.32 Å². The van der Waals surface area contributed by atoms with Crippen LogP contribution in [-0.4, -0.2) is 29.4 Å². The van der Waals surface area contributed by atoms with E-state index in [2.05, 4.69) is 10.6 Å². The summed E-state index contributed by atoms with van der Waals surface area (Å²) >= 11 is 0. The normalized spacial score (nSPS) is 16.9. The largest absolute Gasteiger partial charge is 0.452 e. The van der Waals surface area contributed by atoms with Crippen molar-refractivity contribution in [2.45, 2.75) is 78.4 Å². The van der Waals surface area contributed by atoms with Crippen molar-refractivity contribution in [1.29, 1.82) is 0 Å². The van der Waals surface area contributed by atoms with Crippen LogP contribution in [-0.2, 0) is 19.1 Å². The molecule has 154 valence electrons. The van der Waals surface area contributed by atoms with E-state index in [1.807, 2.05) is 39.8 Å². The molecule has 0 heterocycles. The van der Waals surface area contributed by atoms with Crippen LogP contribution < -0.4 is 10.6 Å². The number of hydrogen-bond acceptors (Lipinski definition) is 4. The van der Waals surface area contributed by atoms with E-state index in [1.165, 1.54) is 0 Å². The number of amides is 2. The van der Waals surface area contributed by atoms with Gasteiger partial charge in [0, 0.05) is 17.6 Å². The molecule has 0 bridgehead atoms. The summed E-state index contributed by atoms with van der Waals surface area (Å²) in [6, 6.07) is 7.40. The van der Waals surface area contributed by atoms with E-state index in [4.69, 9.17) is 4.74 Å². The van der Waals surface area contributed by atoms with Crippen LogP contribution in [0.4, 0.5) is 5.69 Å². The fourth-order valence-corrected chi connectivity index (χ4v) is 3.49. The maximum Gasteiger partial charge on any atom is 0.313 e. The van der Waals surface area contributed by atoms with Crippen molar-refractivity contribution < 1.29 is 19.1 Å². The molecule has 0 unspecified atom stereocenters. The lowest BCUT2D eigenvalue weighted by atomic mass is 9.82. The summed E-state index contributed by atoms with van der Waals surface area (Å²) in [5, 5.41) is 5.67. The molecule has 1 aliphatic carbocycles. The Morgan fingerprint density at radius 3 is 2.21 bits per heavy atom. The Morgan fingerprint density at radius 1 is 1.11 bits per heavy atom. The summed E-state index contributed by atoms with van der Waals surface area (Å²) in [5.41, 5.74) is 0.545. The van der Waals surface area contributed by atoms with Gasteiger partial charge in [-0.2, -0.15) is 0 Å². The molecule has 2 rings (SSSR count). The standard InChI is InChI=1S/C22H32N2O4/c1-15-8-10-17(11-9-15)23-19(26)16(2)28-20(27)22(12-6-7-13-22)14-18(25)24-21(3,4)5/h8-11,16H,6-7,12-14H2,1-5H3,(H,23,26)(H,24,25)/t16-/m0/s1. The molecule has 2 amide bonds. The van der Waals surface area contributed by atoms with Crippen molar-refractivity contribution in [3.8, 4) is 0 Å². The van der Waals surface area contributed by atoms with Gasteiger partial charge in [0.05, 0.1) is 5.41 Å². The van der Waals surface area contributed by atoms with E-state index >= 15 is 0 Å². The average molecular weight is 389 g/mol. The highest BCUT2D eigenvalue weighted by Gasteiger charge is 2.45. The maximum absolute atomic E-state index is 12.9. The van der Waals surface area contributed by atoms with Crippen LogP contribution in [0.2, 0.25) is 0 Å². The number of anilines is 1.